The lowest BCUT2D eigenvalue weighted by atomic mass is 9.97. The van der Waals surface area contributed by atoms with Crippen molar-refractivity contribution in [3.8, 4) is 11.5 Å². The maximum absolute atomic E-state index is 5.54. The van der Waals surface area contributed by atoms with E-state index >= 15 is 0 Å². The molecule has 1 unspecified atom stereocenters. The molecule has 0 saturated heterocycles. The SMILES string of the molecule is COc1ccc(C(C)CCN)cc1OC.Cl. The van der Waals surface area contributed by atoms with Crippen LogP contribution >= 0.6 is 12.4 Å². The summed E-state index contributed by atoms with van der Waals surface area (Å²) in [6.07, 6.45) is 0.982. The topological polar surface area (TPSA) is 44.5 Å². The van der Waals surface area contributed by atoms with E-state index in [0.717, 1.165) is 17.9 Å². The molecule has 1 aromatic rings. The summed E-state index contributed by atoms with van der Waals surface area (Å²) < 4.78 is 10.4. The molecule has 1 rings (SSSR count). The van der Waals surface area contributed by atoms with Crippen LogP contribution in [0, 0.1) is 0 Å². The maximum atomic E-state index is 5.54. The maximum Gasteiger partial charge on any atom is 0.160 e. The molecule has 4 heteroatoms. The van der Waals surface area contributed by atoms with Gasteiger partial charge in [0.05, 0.1) is 14.2 Å². The van der Waals surface area contributed by atoms with Crippen molar-refractivity contribution in [1.29, 1.82) is 0 Å². The Bertz CT molecular complexity index is 318. The number of hydrogen-bond acceptors (Lipinski definition) is 3. The van der Waals surface area contributed by atoms with Crippen LogP contribution in [-0.4, -0.2) is 20.8 Å². The Morgan fingerprint density at radius 2 is 1.81 bits per heavy atom. The predicted molar refractivity (Wildman–Crippen MR) is 68.9 cm³/mol. The third-order valence-electron chi connectivity index (χ3n) is 2.58. The number of halogens is 1. The molecule has 0 bridgehead atoms. The van der Waals surface area contributed by atoms with Gasteiger partial charge in [0.15, 0.2) is 11.5 Å². The second kappa shape index (κ2) is 7.36. The molecular formula is C12H20ClNO2. The Kier molecular flexibility index (Phi) is 6.93. The molecule has 0 aliphatic rings. The van der Waals surface area contributed by atoms with Crippen LogP contribution in [0.5, 0.6) is 11.5 Å². The first-order chi connectivity index (χ1) is 7.22. The molecule has 0 aliphatic carbocycles. The van der Waals surface area contributed by atoms with Gasteiger partial charge in [-0.15, -0.1) is 12.4 Å². The van der Waals surface area contributed by atoms with Crippen LogP contribution in [0.4, 0.5) is 0 Å². The summed E-state index contributed by atoms with van der Waals surface area (Å²) in [4.78, 5) is 0. The van der Waals surface area contributed by atoms with E-state index < -0.39 is 0 Å². The van der Waals surface area contributed by atoms with E-state index in [1.165, 1.54) is 5.56 Å². The van der Waals surface area contributed by atoms with E-state index in [1.807, 2.05) is 12.1 Å². The standard InChI is InChI=1S/C12H19NO2.ClH/c1-9(6-7-13)10-4-5-11(14-2)12(8-10)15-3;/h4-5,8-9H,6-7,13H2,1-3H3;1H. The average molecular weight is 246 g/mol. The van der Waals surface area contributed by atoms with Gasteiger partial charge in [-0.2, -0.15) is 0 Å². The van der Waals surface area contributed by atoms with E-state index in [1.54, 1.807) is 14.2 Å². The zero-order valence-corrected chi connectivity index (χ0v) is 10.8. The number of hydrogen-bond donors (Lipinski definition) is 1. The van der Waals surface area contributed by atoms with Gasteiger partial charge in [0.1, 0.15) is 0 Å². The highest BCUT2D eigenvalue weighted by atomic mass is 35.5. The number of methoxy groups -OCH3 is 2. The summed E-state index contributed by atoms with van der Waals surface area (Å²) in [6, 6.07) is 6.00. The van der Waals surface area contributed by atoms with Crippen molar-refractivity contribution >= 4 is 12.4 Å². The molecule has 0 amide bonds. The fourth-order valence-electron chi connectivity index (χ4n) is 1.58. The van der Waals surface area contributed by atoms with Crippen molar-refractivity contribution in [2.75, 3.05) is 20.8 Å². The number of benzene rings is 1. The lowest BCUT2D eigenvalue weighted by Crippen LogP contribution is -2.04. The van der Waals surface area contributed by atoms with Gasteiger partial charge in [0, 0.05) is 0 Å². The zero-order valence-electron chi connectivity index (χ0n) is 10.0. The summed E-state index contributed by atoms with van der Waals surface area (Å²) in [5.74, 6) is 2.00. The van der Waals surface area contributed by atoms with Crippen LogP contribution in [0.3, 0.4) is 0 Å². The molecule has 0 fully saturated rings. The van der Waals surface area contributed by atoms with Crippen molar-refractivity contribution in [2.45, 2.75) is 19.3 Å². The summed E-state index contributed by atoms with van der Waals surface area (Å²) in [5, 5.41) is 0. The lowest BCUT2D eigenvalue weighted by Gasteiger charge is -2.13. The van der Waals surface area contributed by atoms with Crippen molar-refractivity contribution in [1.82, 2.24) is 0 Å². The van der Waals surface area contributed by atoms with E-state index in [4.69, 9.17) is 15.2 Å². The van der Waals surface area contributed by atoms with Crippen molar-refractivity contribution in [3.05, 3.63) is 23.8 Å². The van der Waals surface area contributed by atoms with Crippen LogP contribution < -0.4 is 15.2 Å². The quantitative estimate of drug-likeness (QED) is 0.867. The van der Waals surface area contributed by atoms with Crippen LogP contribution in [0.1, 0.15) is 24.8 Å². The van der Waals surface area contributed by atoms with Crippen LogP contribution in [0.15, 0.2) is 18.2 Å². The smallest absolute Gasteiger partial charge is 0.160 e. The normalized spacial score (nSPS) is 11.5. The van der Waals surface area contributed by atoms with Gasteiger partial charge in [0.25, 0.3) is 0 Å². The first-order valence-electron chi connectivity index (χ1n) is 5.15. The molecule has 2 N–H and O–H groups in total. The molecule has 0 aliphatic heterocycles. The Hall–Kier alpha value is -0.930. The number of ether oxygens (including phenoxy) is 2. The first kappa shape index (κ1) is 15.1. The molecule has 0 radical (unpaired) electrons. The Morgan fingerprint density at radius 3 is 2.31 bits per heavy atom. The molecule has 0 aromatic heterocycles. The summed E-state index contributed by atoms with van der Waals surface area (Å²) in [5.41, 5.74) is 6.77. The van der Waals surface area contributed by atoms with Crippen molar-refractivity contribution < 1.29 is 9.47 Å². The summed E-state index contributed by atoms with van der Waals surface area (Å²) >= 11 is 0. The van der Waals surface area contributed by atoms with Gasteiger partial charge in [-0.1, -0.05) is 13.0 Å². The van der Waals surface area contributed by atoms with Gasteiger partial charge in [-0.05, 0) is 36.6 Å². The third-order valence-corrected chi connectivity index (χ3v) is 2.58. The molecule has 0 spiro atoms. The molecule has 92 valence electrons. The highest BCUT2D eigenvalue weighted by Gasteiger charge is 2.09. The molecule has 16 heavy (non-hydrogen) atoms. The Labute approximate surface area is 103 Å². The summed E-state index contributed by atoms with van der Waals surface area (Å²) in [6.45, 7) is 2.86. The highest BCUT2D eigenvalue weighted by molar-refractivity contribution is 5.85. The minimum absolute atomic E-state index is 0. The van der Waals surface area contributed by atoms with Crippen LogP contribution in [0.25, 0.3) is 0 Å². The largest absolute Gasteiger partial charge is 0.493 e. The van der Waals surface area contributed by atoms with Crippen molar-refractivity contribution in [2.24, 2.45) is 5.73 Å². The fraction of sp³-hybridized carbons (Fsp3) is 0.500. The highest BCUT2D eigenvalue weighted by Crippen LogP contribution is 2.31. The van der Waals surface area contributed by atoms with Crippen LogP contribution in [0.2, 0.25) is 0 Å². The third kappa shape index (κ3) is 3.58. The molecular weight excluding hydrogens is 226 g/mol. The van der Waals surface area contributed by atoms with E-state index in [2.05, 4.69) is 13.0 Å². The zero-order chi connectivity index (χ0) is 11.3. The minimum atomic E-state index is 0. The minimum Gasteiger partial charge on any atom is -0.493 e. The van der Waals surface area contributed by atoms with Gasteiger partial charge >= 0.3 is 0 Å². The van der Waals surface area contributed by atoms with E-state index in [0.29, 0.717) is 12.5 Å². The van der Waals surface area contributed by atoms with E-state index in [-0.39, 0.29) is 12.4 Å². The van der Waals surface area contributed by atoms with Crippen LogP contribution in [-0.2, 0) is 0 Å². The molecule has 1 aromatic carbocycles. The van der Waals surface area contributed by atoms with E-state index in [9.17, 15) is 0 Å². The monoisotopic (exact) mass is 245 g/mol. The second-order valence-corrected chi connectivity index (χ2v) is 3.59. The van der Waals surface area contributed by atoms with Gasteiger partial charge in [-0.25, -0.2) is 0 Å². The average Bonchev–Trinajstić information content (AvgIpc) is 2.28. The van der Waals surface area contributed by atoms with Crippen molar-refractivity contribution in [3.63, 3.8) is 0 Å². The van der Waals surface area contributed by atoms with Gasteiger partial charge < -0.3 is 15.2 Å². The second-order valence-electron chi connectivity index (χ2n) is 3.59. The van der Waals surface area contributed by atoms with Gasteiger partial charge in [0.2, 0.25) is 0 Å². The number of rotatable bonds is 5. The summed E-state index contributed by atoms with van der Waals surface area (Å²) in [7, 11) is 3.29. The fourth-order valence-corrected chi connectivity index (χ4v) is 1.58. The van der Waals surface area contributed by atoms with Gasteiger partial charge in [-0.3, -0.25) is 0 Å². The number of nitrogens with two attached hydrogens (primary N) is 1. The lowest BCUT2D eigenvalue weighted by molar-refractivity contribution is 0.354. The molecule has 0 heterocycles. The molecule has 0 saturated carbocycles. The molecule has 1 atom stereocenters. The molecule has 3 nitrogen and oxygen atoms in total. The Balaban J connectivity index is 0.00000225. The Morgan fingerprint density at radius 1 is 1.19 bits per heavy atom. The first-order valence-corrected chi connectivity index (χ1v) is 5.15. The predicted octanol–water partition coefficient (Wildman–Crippen LogP) is 2.58.